The molecule has 0 saturated carbocycles. The number of hydrogen-bond donors (Lipinski definition) is 2. The molecule has 2 N–H and O–H groups in total. The first-order valence-electron chi connectivity index (χ1n) is 7.51. The number of amides is 2. The lowest BCUT2D eigenvalue weighted by Gasteiger charge is -2.29. The minimum absolute atomic E-state index is 0.0969. The van der Waals surface area contributed by atoms with Crippen molar-refractivity contribution in [3.63, 3.8) is 0 Å². The van der Waals surface area contributed by atoms with Crippen molar-refractivity contribution in [1.82, 2.24) is 10.6 Å². The molecular formula is C18H20F2N2O2. The summed E-state index contributed by atoms with van der Waals surface area (Å²) >= 11 is 0. The molecule has 2 aromatic carbocycles. The van der Waals surface area contributed by atoms with Crippen molar-refractivity contribution >= 4 is 6.03 Å². The number of urea groups is 1. The molecule has 0 aliphatic rings. The van der Waals surface area contributed by atoms with Crippen LogP contribution in [-0.2, 0) is 16.9 Å². The van der Waals surface area contributed by atoms with E-state index in [-0.39, 0.29) is 18.9 Å². The van der Waals surface area contributed by atoms with E-state index in [1.165, 1.54) is 25.3 Å². The Bertz CT molecular complexity index is 692. The molecule has 0 spiro atoms. The average molecular weight is 334 g/mol. The third-order valence-electron chi connectivity index (χ3n) is 3.85. The number of benzene rings is 2. The number of rotatable bonds is 6. The molecule has 0 aliphatic carbocycles. The summed E-state index contributed by atoms with van der Waals surface area (Å²) in [6, 6.07) is 11.7. The molecule has 2 rings (SSSR count). The van der Waals surface area contributed by atoms with Crippen molar-refractivity contribution in [1.29, 1.82) is 0 Å². The first kappa shape index (κ1) is 17.9. The van der Waals surface area contributed by atoms with Crippen LogP contribution < -0.4 is 10.6 Å². The zero-order valence-electron chi connectivity index (χ0n) is 13.6. The van der Waals surface area contributed by atoms with Gasteiger partial charge >= 0.3 is 6.03 Å². The van der Waals surface area contributed by atoms with E-state index in [9.17, 15) is 13.6 Å². The SMILES string of the molecule is CO[C@](C)(CNC(=O)NCc1ccc(F)cc1)c1ccccc1F. The Kier molecular flexibility index (Phi) is 5.87. The summed E-state index contributed by atoms with van der Waals surface area (Å²) in [5.74, 6) is -0.723. The number of carbonyl (C=O) groups is 1. The molecule has 6 heteroatoms. The molecule has 2 amide bonds. The minimum Gasteiger partial charge on any atom is -0.372 e. The molecule has 1 atom stereocenters. The van der Waals surface area contributed by atoms with Crippen LogP contribution in [0.3, 0.4) is 0 Å². The molecule has 0 heterocycles. The van der Waals surface area contributed by atoms with Gasteiger partial charge in [0.1, 0.15) is 17.2 Å². The van der Waals surface area contributed by atoms with Crippen LogP contribution in [0.15, 0.2) is 48.5 Å². The number of carbonyl (C=O) groups excluding carboxylic acids is 1. The molecule has 128 valence electrons. The monoisotopic (exact) mass is 334 g/mol. The summed E-state index contributed by atoms with van der Waals surface area (Å²) in [4.78, 5) is 11.9. The molecule has 0 unspecified atom stereocenters. The van der Waals surface area contributed by atoms with Crippen LogP contribution in [0.4, 0.5) is 13.6 Å². The van der Waals surface area contributed by atoms with Crippen LogP contribution >= 0.6 is 0 Å². The zero-order valence-corrected chi connectivity index (χ0v) is 13.6. The molecule has 24 heavy (non-hydrogen) atoms. The smallest absolute Gasteiger partial charge is 0.315 e. The van der Waals surface area contributed by atoms with Gasteiger partial charge in [-0.1, -0.05) is 30.3 Å². The van der Waals surface area contributed by atoms with Gasteiger partial charge in [0.2, 0.25) is 0 Å². The molecule has 0 aromatic heterocycles. The van der Waals surface area contributed by atoms with Gasteiger partial charge in [0, 0.05) is 19.2 Å². The number of methoxy groups -OCH3 is 1. The number of nitrogens with one attached hydrogen (secondary N) is 2. The summed E-state index contributed by atoms with van der Waals surface area (Å²) in [6.45, 7) is 2.06. The Labute approximate surface area is 139 Å². The van der Waals surface area contributed by atoms with Gasteiger partial charge in [-0.25, -0.2) is 13.6 Å². The van der Waals surface area contributed by atoms with Crippen molar-refractivity contribution in [2.45, 2.75) is 19.1 Å². The van der Waals surface area contributed by atoms with E-state index in [1.54, 1.807) is 37.3 Å². The maximum absolute atomic E-state index is 14.0. The Morgan fingerprint density at radius 1 is 1.08 bits per heavy atom. The van der Waals surface area contributed by atoms with E-state index in [0.717, 1.165) is 5.56 Å². The second kappa shape index (κ2) is 7.88. The lowest BCUT2D eigenvalue weighted by molar-refractivity contribution is 0.00203. The lowest BCUT2D eigenvalue weighted by atomic mass is 9.95. The van der Waals surface area contributed by atoms with Gasteiger partial charge in [0.05, 0.1) is 6.54 Å². The number of hydrogen-bond acceptors (Lipinski definition) is 2. The Balaban J connectivity index is 1.91. The minimum atomic E-state index is -0.988. The topological polar surface area (TPSA) is 50.4 Å². The van der Waals surface area contributed by atoms with Gasteiger partial charge in [-0.3, -0.25) is 0 Å². The fraction of sp³-hybridized carbons (Fsp3) is 0.278. The Morgan fingerprint density at radius 2 is 1.75 bits per heavy atom. The van der Waals surface area contributed by atoms with Crippen LogP contribution in [0, 0.1) is 11.6 Å². The van der Waals surface area contributed by atoms with Crippen LogP contribution in [0.1, 0.15) is 18.1 Å². The maximum Gasteiger partial charge on any atom is 0.315 e. The van der Waals surface area contributed by atoms with E-state index in [2.05, 4.69) is 10.6 Å². The molecule has 0 fully saturated rings. The van der Waals surface area contributed by atoms with Crippen LogP contribution in [-0.4, -0.2) is 19.7 Å². The van der Waals surface area contributed by atoms with Crippen molar-refractivity contribution in [2.75, 3.05) is 13.7 Å². The molecule has 0 aliphatic heterocycles. The zero-order chi connectivity index (χ0) is 17.6. The quantitative estimate of drug-likeness (QED) is 0.851. The average Bonchev–Trinajstić information content (AvgIpc) is 2.59. The lowest BCUT2D eigenvalue weighted by Crippen LogP contribution is -2.44. The summed E-state index contributed by atoms with van der Waals surface area (Å²) in [5.41, 5.74) is 0.153. The van der Waals surface area contributed by atoms with E-state index < -0.39 is 17.4 Å². The van der Waals surface area contributed by atoms with Crippen molar-refractivity contribution in [3.05, 3.63) is 71.3 Å². The highest BCUT2D eigenvalue weighted by Crippen LogP contribution is 2.26. The van der Waals surface area contributed by atoms with E-state index >= 15 is 0 Å². The first-order chi connectivity index (χ1) is 11.4. The van der Waals surface area contributed by atoms with Gasteiger partial charge in [0.25, 0.3) is 0 Å². The van der Waals surface area contributed by atoms with E-state index in [0.29, 0.717) is 5.56 Å². The third-order valence-corrected chi connectivity index (χ3v) is 3.85. The highest BCUT2D eigenvalue weighted by Gasteiger charge is 2.29. The van der Waals surface area contributed by atoms with E-state index in [4.69, 9.17) is 4.74 Å². The van der Waals surface area contributed by atoms with E-state index in [1.807, 2.05) is 0 Å². The maximum atomic E-state index is 14.0. The standard InChI is InChI=1S/C18H20F2N2O2/c1-18(24-2,15-5-3-4-6-16(15)20)12-22-17(23)21-11-13-7-9-14(19)10-8-13/h3-10H,11-12H2,1-2H3,(H2,21,22,23)/t18-/m1/s1. The summed E-state index contributed by atoms with van der Waals surface area (Å²) in [7, 11) is 1.46. The summed E-state index contributed by atoms with van der Waals surface area (Å²) in [5, 5.41) is 5.33. The number of halogens is 2. The van der Waals surface area contributed by atoms with Crippen LogP contribution in [0.25, 0.3) is 0 Å². The van der Waals surface area contributed by atoms with Crippen molar-refractivity contribution in [2.24, 2.45) is 0 Å². The summed E-state index contributed by atoms with van der Waals surface area (Å²) in [6.07, 6.45) is 0. The normalized spacial score (nSPS) is 13.2. The molecule has 0 saturated heterocycles. The first-order valence-corrected chi connectivity index (χ1v) is 7.51. The van der Waals surface area contributed by atoms with Crippen molar-refractivity contribution < 1.29 is 18.3 Å². The van der Waals surface area contributed by atoms with Gasteiger partial charge in [0.15, 0.2) is 0 Å². The molecular weight excluding hydrogens is 314 g/mol. The molecule has 2 aromatic rings. The highest BCUT2D eigenvalue weighted by atomic mass is 19.1. The van der Waals surface area contributed by atoms with Gasteiger partial charge in [-0.05, 0) is 30.7 Å². The second-order valence-electron chi connectivity index (χ2n) is 5.58. The highest BCUT2D eigenvalue weighted by molar-refractivity contribution is 5.73. The van der Waals surface area contributed by atoms with Gasteiger partial charge in [-0.15, -0.1) is 0 Å². The third kappa shape index (κ3) is 4.52. The molecule has 0 bridgehead atoms. The predicted molar refractivity (Wildman–Crippen MR) is 87.4 cm³/mol. The Morgan fingerprint density at radius 3 is 2.38 bits per heavy atom. The summed E-state index contributed by atoms with van der Waals surface area (Å²) < 4.78 is 32.2. The number of ether oxygens (including phenoxy) is 1. The van der Waals surface area contributed by atoms with Gasteiger partial charge < -0.3 is 15.4 Å². The Hall–Kier alpha value is -2.47. The fourth-order valence-electron chi connectivity index (χ4n) is 2.26. The van der Waals surface area contributed by atoms with Gasteiger partial charge in [-0.2, -0.15) is 0 Å². The predicted octanol–water partition coefficient (Wildman–Crippen LogP) is 3.33. The second-order valence-corrected chi connectivity index (χ2v) is 5.58. The van der Waals surface area contributed by atoms with Crippen LogP contribution in [0.5, 0.6) is 0 Å². The largest absolute Gasteiger partial charge is 0.372 e. The van der Waals surface area contributed by atoms with Crippen molar-refractivity contribution in [3.8, 4) is 0 Å². The molecule has 4 nitrogen and oxygen atoms in total. The van der Waals surface area contributed by atoms with Crippen LogP contribution in [0.2, 0.25) is 0 Å². The molecule has 0 radical (unpaired) electrons. The fourth-order valence-corrected chi connectivity index (χ4v) is 2.26.